The van der Waals surface area contributed by atoms with E-state index in [4.69, 9.17) is 4.74 Å². The minimum atomic E-state index is -0.151. The van der Waals surface area contributed by atoms with Gasteiger partial charge >= 0.3 is 0 Å². The molecule has 2 aromatic carbocycles. The molecule has 0 saturated carbocycles. The average Bonchev–Trinajstić information content (AvgIpc) is 3.31. The lowest BCUT2D eigenvalue weighted by molar-refractivity contribution is -0.123. The van der Waals surface area contributed by atoms with Crippen LogP contribution in [0.1, 0.15) is 11.1 Å². The zero-order valence-electron chi connectivity index (χ0n) is 15.8. The monoisotopic (exact) mass is 407 g/mol. The lowest BCUT2D eigenvalue weighted by Crippen LogP contribution is -2.30. The predicted octanol–water partition coefficient (Wildman–Crippen LogP) is 1.11. The van der Waals surface area contributed by atoms with Crippen molar-refractivity contribution in [3.63, 3.8) is 0 Å². The number of amides is 1. The minimum absolute atomic E-state index is 0.0127. The van der Waals surface area contributed by atoms with Gasteiger partial charge in [0.25, 0.3) is 11.5 Å². The maximum absolute atomic E-state index is 12.3. The van der Waals surface area contributed by atoms with Crippen LogP contribution >= 0.6 is 11.3 Å². The molecule has 7 heteroatoms. The van der Waals surface area contributed by atoms with Gasteiger partial charge in [0.1, 0.15) is 5.75 Å². The summed E-state index contributed by atoms with van der Waals surface area (Å²) < 4.78 is 7.93. The van der Waals surface area contributed by atoms with Crippen molar-refractivity contribution in [2.45, 2.75) is 13.0 Å². The van der Waals surface area contributed by atoms with Crippen molar-refractivity contribution in [1.82, 2.24) is 9.88 Å². The second kappa shape index (κ2) is 8.87. The van der Waals surface area contributed by atoms with E-state index in [0.717, 1.165) is 16.8 Å². The summed E-state index contributed by atoms with van der Waals surface area (Å²) in [6, 6.07) is 17.3. The van der Waals surface area contributed by atoms with E-state index < -0.39 is 0 Å². The quantitative estimate of drug-likeness (QED) is 0.638. The van der Waals surface area contributed by atoms with Gasteiger partial charge in [-0.3, -0.25) is 19.1 Å². The van der Waals surface area contributed by atoms with Gasteiger partial charge in [0, 0.05) is 13.1 Å². The number of nitrogens with zero attached hydrogens (tertiary/aromatic N) is 2. The first-order valence-corrected chi connectivity index (χ1v) is 10.3. The summed E-state index contributed by atoms with van der Waals surface area (Å²) in [5.74, 6) is 0.460. The Morgan fingerprint density at radius 3 is 2.72 bits per heavy atom. The van der Waals surface area contributed by atoms with Gasteiger partial charge < -0.3 is 10.1 Å². The number of hydrogen-bond acceptors (Lipinski definition) is 5. The maximum atomic E-state index is 12.3. The van der Waals surface area contributed by atoms with Crippen LogP contribution in [0, 0.1) is 0 Å². The molecule has 1 aliphatic rings. The first kappa shape index (κ1) is 19.1. The van der Waals surface area contributed by atoms with E-state index in [-0.39, 0.29) is 18.1 Å². The van der Waals surface area contributed by atoms with Crippen LogP contribution in [-0.2, 0) is 17.8 Å². The molecular formula is C22H21N3O3S. The first-order chi connectivity index (χ1) is 14.2. The molecule has 1 N–H and O–H groups in total. The molecule has 0 fully saturated rings. The van der Waals surface area contributed by atoms with Crippen LogP contribution in [0.4, 0.5) is 0 Å². The molecule has 2 heterocycles. The summed E-state index contributed by atoms with van der Waals surface area (Å²) in [7, 11) is 0. The molecule has 148 valence electrons. The molecule has 1 aromatic heterocycles. The Labute approximate surface area is 171 Å². The third-order valence-corrected chi connectivity index (χ3v) is 5.63. The smallest absolute Gasteiger partial charge is 0.270 e. The van der Waals surface area contributed by atoms with Gasteiger partial charge in [-0.1, -0.05) is 53.8 Å². The number of nitrogens with one attached hydrogen (secondary N) is 1. The van der Waals surface area contributed by atoms with Gasteiger partial charge in [-0.15, -0.1) is 0 Å². The van der Waals surface area contributed by atoms with Gasteiger partial charge in [-0.05, 0) is 35.8 Å². The molecular weight excluding hydrogens is 386 g/mol. The summed E-state index contributed by atoms with van der Waals surface area (Å²) >= 11 is 1.41. The predicted molar refractivity (Wildman–Crippen MR) is 113 cm³/mol. The highest BCUT2D eigenvalue weighted by Crippen LogP contribution is 2.12. The van der Waals surface area contributed by atoms with Crippen LogP contribution in [0.5, 0.6) is 5.75 Å². The van der Waals surface area contributed by atoms with Crippen LogP contribution in [0.3, 0.4) is 0 Å². The number of ether oxygens (including phenoxy) is 1. The minimum Gasteiger partial charge on any atom is -0.484 e. The third kappa shape index (κ3) is 4.81. The van der Waals surface area contributed by atoms with Gasteiger partial charge in [0.2, 0.25) is 0 Å². The van der Waals surface area contributed by atoms with E-state index in [1.54, 1.807) is 16.7 Å². The van der Waals surface area contributed by atoms with Crippen molar-refractivity contribution in [3.8, 4) is 5.75 Å². The number of carbonyl (C=O) groups is 1. The fourth-order valence-corrected chi connectivity index (χ4v) is 4.10. The Hall–Kier alpha value is -3.19. The van der Waals surface area contributed by atoms with E-state index >= 15 is 0 Å². The molecule has 6 nitrogen and oxygen atoms in total. The van der Waals surface area contributed by atoms with Crippen LogP contribution in [0.25, 0.3) is 6.08 Å². The third-order valence-electron chi connectivity index (χ3n) is 4.59. The molecule has 1 amide bonds. The topological polar surface area (TPSA) is 72.7 Å². The summed E-state index contributed by atoms with van der Waals surface area (Å²) in [5, 5.41) is 2.86. The molecule has 0 atom stereocenters. The van der Waals surface area contributed by atoms with E-state index in [9.17, 15) is 9.59 Å². The normalized spacial score (nSPS) is 13.0. The van der Waals surface area contributed by atoms with Gasteiger partial charge in [-0.25, -0.2) is 0 Å². The largest absolute Gasteiger partial charge is 0.484 e. The second-order valence-corrected chi connectivity index (χ2v) is 7.68. The summed E-state index contributed by atoms with van der Waals surface area (Å²) in [6.45, 7) is 1.90. The number of hydrogen-bond donors (Lipinski definition) is 1. The number of aromatic nitrogens is 1. The first-order valence-electron chi connectivity index (χ1n) is 9.48. The highest BCUT2D eigenvalue weighted by Gasteiger charge is 2.09. The molecule has 1 aliphatic heterocycles. The second-order valence-electron chi connectivity index (χ2n) is 6.67. The molecule has 29 heavy (non-hydrogen) atoms. The van der Waals surface area contributed by atoms with E-state index in [2.05, 4.69) is 10.3 Å². The van der Waals surface area contributed by atoms with Crippen molar-refractivity contribution >= 4 is 23.3 Å². The van der Waals surface area contributed by atoms with E-state index in [0.29, 0.717) is 29.9 Å². The molecule has 0 radical (unpaired) electrons. The number of rotatable bonds is 7. The van der Waals surface area contributed by atoms with Crippen molar-refractivity contribution < 1.29 is 9.53 Å². The maximum Gasteiger partial charge on any atom is 0.270 e. The Balaban J connectivity index is 1.29. The number of carbonyl (C=O) groups excluding carboxylic acids is 1. The average molecular weight is 407 g/mol. The molecule has 0 spiro atoms. The zero-order valence-corrected chi connectivity index (χ0v) is 16.7. The number of thiazole rings is 1. The molecule has 3 aromatic rings. The molecule has 0 saturated heterocycles. The lowest BCUT2D eigenvalue weighted by atomic mass is 10.1. The van der Waals surface area contributed by atoms with Crippen LogP contribution in [0.2, 0.25) is 0 Å². The van der Waals surface area contributed by atoms with Gasteiger partial charge in [0.05, 0.1) is 11.1 Å². The van der Waals surface area contributed by atoms with Crippen molar-refractivity contribution in [3.05, 3.63) is 85.4 Å². The van der Waals surface area contributed by atoms with Crippen LogP contribution < -0.4 is 24.9 Å². The standard InChI is InChI=1S/C22H21N3O3S/c26-20(23-11-10-16-4-2-1-3-5-16)15-28-18-8-6-17(7-9-18)14-19-21(27)25-13-12-24-22(25)29-19/h1-9,14H,10-13,15H2,(H,23,26)/b19-14+. The Morgan fingerprint density at radius 1 is 1.17 bits per heavy atom. The summed E-state index contributed by atoms with van der Waals surface area (Å²) in [6.07, 6.45) is 2.64. The summed E-state index contributed by atoms with van der Waals surface area (Å²) in [5.41, 5.74) is 2.10. The van der Waals surface area contributed by atoms with Crippen molar-refractivity contribution in [2.75, 3.05) is 19.7 Å². The molecule has 0 aliphatic carbocycles. The van der Waals surface area contributed by atoms with E-state index in [1.807, 2.05) is 48.5 Å². The molecule has 4 rings (SSSR count). The van der Waals surface area contributed by atoms with Gasteiger partial charge in [-0.2, -0.15) is 0 Å². The SMILES string of the molecule is O=C(COc1ccc(/C=c2/sc3n(c2=O)CCN=3)cc1)NCCc1ccccc1. The highest BCUT2D eigenvalue weighted by molar-refractivity contribution is 7.07. The number of benzene rings is 2. The van der Waals surface area contributed by atoms with Crippen LogP contribution in [-0.4, -0.2) is 30.2 Å². The van der Waals surface area contributed by atoms with E-state index in [1.165, 1.54) is 16.9 Å². The number of fused-ring (bicyclic) bond motifs is 1. The highest BCUT2D eigenvalue weighted by atomic mass is 32.1. The Kier molecular flexibility index (Phi) is 5.86. The Bertz CT molecular complexity index is 1160. The Morgan fingerprint density at radius 2 is 1.97 bits per heavy atom. The van der Waals surface area contributed by atoms with Crippen molar-refractivity contribution in [1.29, 1.82) is 0 Å². The fourth-order valence-electron chi connectivity index (χ4n) is 3.07. The zero-order chi connectivity index (χ0) is 20.1. The van der Waals surface area contributed by atoms with Crippen LogP contribution in [0.15, 0.2) is 64.4 Å². The summed E-state index contributed by atoms with van der Waals surface area (Å²) in [4.78, 5) is 29.3. The molecule has 0 unspecified atom stereocenters. The lowest BCUT2D eigenvalue weighted by Gasteiger charge is -2.08. The van der Waals surface area contributed by atoms with Gasteiger partial charge in [0.15, 0.2) is 11.4 Å². The fraction of sp³-hybridized carbons (Fsp3) is 0.227. The van der Waals surface area contributed by atoms with Crippen molar-refractivity contribution in [2.24, 2.45) is 4.99 Å². The molecule has 0 bridgehead atoms.